The van der Waals surface area contributed by atoms with Gasteiger partial charge in [0.1, 0.15) is 9.58 Å². The van der Waals surface area contributed by atoms with Gasteiger partial charge in [0.05, 0.1) is 9.95 Å². The third-order valence-corrected chi connectivity index (χ3v) is 8.07. The molecule has 0 radical (unpaired) electrons. The van der Waals surface area contributed by atoms with E-state index in [0.29, 0.717) is 42.0 Å². The average molecular weight is 547 g/mol. The fourth-order valence-electron chi connectivity index (χ4n) is 4.33. The summed E-state index contributed by atoms with van der Waals surface area (Å²) in [5.74, 6) is -0.425. The summed E-state index contributed by atoms with van der Waals surface area (Å²) in [6.45, 7) is 2.64. The molecular weight excluding hydrogens is 524 g/mol. The number of nitro benzene ring substituents is 1. The first kappa shape index (κ1) is 25.4. The molecule has 2 heterocycles. The number of hydrogen-bond acceptors (Lipinski definition) is 6. The van der Waals surface area contributed by atoms with Crippen LogP contribution < -0.4 is 10.2 Å². The van der Waals surface area contributed by atoms with Crippen LogP contribution in [0.5, 0.6) is 0 Å². The lowest BCUT2D eigenvalue weighted by atomic mass is 10.2. The van der Waals surface area contributed by atoms with E-state index in [4.69, 9.17) is 11.6 Å². The number of rotatable bonds is 6. The summed E-state index contributed by atoms with van der Waals surface area (Å²) in [6.07, 6.45) is 3.44. The standard InChI is InChI=1S/C28H23ClN4O4S/c29-25-22-7-4-8-23(33(36)37)26(22)38-27(25)28(35)30-20-10-12-21(13-11-20)31-15-17-32(18-16-31)24(34)14-9-19-5-2-1-3-6-19/h1-14H,15-18H2,(H,30,35)/b14-9+. The lowest BCUT2D eigenvalue weighted by Crippen LogP contribution is -2.48. The van der Waals surface area contributed by atoms with Crippen LogP contribution in [0.3, 0.4) is 0 Å². The van der Waals surface area contributed by atoms with Crippen molar-refractivity contribution in [2.45, 2.75) is 0 Å². The van der Waals surface area contributed by atoms with Crippen molar-refractivity contribution in [2.24, 2.45) is 0 Å². The second-order valence-corrected chi connectivity index (χ2v) is 10.1. The summed E-state index contributed by atoms with van der Waals surface area (Å²) in [4.78, 5) is 40.6. The Bertz CT molecular complexity index is 1530. The summed E-state index contributed by atoms with van der Waals surface area (Å²) >= 11 is 7.40. The van der Waals surface area contributed by atoms with E-state index in [2.05, 4.69) is 10.2 Å². The van der Waals surface area contributed by atoms with Crippen LogP contribution in [0.2, 0.25) is 5.02 Å². The molecule has 0 spiro atoms. The van der Waals surface area contributed by atoms with Crippen molar-refractivity contribution in [1.29, 1.82) is 0 Å². The summed E-state index contributed by atoms with van der Waals surface area (Å²) < 4.78 is 0.371. The van der Waals surface area contributed by atoms with Gasteiger partial charge in [-0.3, -0.25) is 19.7 Å². The van der Waals surface area contributed by atoms with Gasteiger partial charge < -0.3 is 15.1 Å². The third-order valence-electron chi connectivity index (χ3n) is 6.34. The fourth-order valence-corrected chi connectivity index (χ4v) is 5.82. The third kappa shape index (κ3) is 5.39. The van der Waals surface area contributed by atoms with Crippen molar-refractivity contribution in [1.82, 2.24) is 4.90 Å². The minimum Gasteiger partial charge on any atom is -0.368 e. The normalized spacial score (nSPS) is 13.7. The number of nitrogens with one attached hydrogen (secondary N) is 1. The molecule has 0 aliphatic carbocycles. The maximum atomic E-state index is 12.9. The second-order valence-electron chi connectivity index (χ2n) is 8.71. The van der Waals surface area contributed by atoms with Gasteiger partial charge in [-0.15, -0.1) is 11.3 Å². The number of anilines is 2. The minimum absolute atomic E-state index is 0.00297. The molecule has 3 aromatic carbocycles. The number of carbonyl (C=O) groups excluding carboxylic acids is 2. The van der Waals surface area contributed by atoms with E-state index in [9.17, 15) is 19.7 Å². The highest BCUT2D eigenvalue weighted by Crippen LogP contribution is 2.40. The molecule has 38 heavy (non-hydrogen) atoms. The summed E-state index contributed by atoms with van der Waals surface area (Å²) in [6, 6.07) is 21.8. The molecule has 1 aromatic heterocycles. The van der Waals surface area contributed by atoms with Crippen LogP contribution in [-0.2, 0) is 4.79 Å². The Balaban J connectivity index is 1.19. The Morgan fingerprint density at radius 1 is 0.947 bits per heavy atom. The molecule has 1 aliphatic rings. The first-order chi connectivity index (χ1) is 18.4. The van der Waals surface area contributed by atoms with Gasteiger partial charge in [0, 0.05) is 55.1 Å². The highest BCUT2D eigenvalue weighted by atomic mass is 35.5. The van der Waals surface area contributed by atoms with Gasteiger partial charge in [-0.2, -0.15) is 0 Å². The average Bonchev–Trinajstić information content (AvgIpc) is 3.29. The van der Waals surface area contributed by atoms with Crippen LogP contribution in [0.25, 0.3) is 16.2 Å². The van der Waals surface area contributed by atoms with E-state index in [1.165, 1.54) is 6.07 Å². The van der Waals surface area contributed by atoms with E-state index in [-0.39, 0.29) is 21.5 Å². The fraction of sp³-hybridized carbons (Fsp3) is 0.143. The predicted molar refractivity (Wildman–Crippen MR) is 152 cm³/mol. The SMILES string of the molecule is O=C(Nc1ccc(N2CCN(C(=O)/C=C/c3ccccc3)CC2)cc1)c1sc2c([N+](=O)[O-])cccc2c1Cl. The molecule has 1 N–H and O–H groups in total. The number of nitro groups is 1. The van der Waals surface area contributed by atoms with E-state index < -0.39 is 10.8 Å². The minimum atomic E-state index is -0.479. The van der Waals surface area contributed by atoms with E-state index in [0.717, 1.165) is 22.6 Å². The molecule has 1 saturated heterocycles. The summed E-state index contributed by atoms with van der Waals surface area (Å²) in [5.41, 5.74) is 2.49. The van der Waals surface area contributed by atoms with Crippen molar-refractivity contribution >= 4 is 68.0 Å². The Morgan fingerprint density at radius 3 is 2.34 bits per heavy atom. The molecule has 0 atom stereocenters. The number of thiophene rings is 1. The number of carbonyl (C=O) groups is 2. The van der Waals surface area contributed by atoms with Crippen molar-refractivity contribution in [3.05, 3.63) is 104 Å². The van der Waals surface area contributed by atoms with Crippen molar-refractivity contribution in [3.63, 3.8) is 0 Å². The Kier molecular flexibility index (Phi) is 7.39. The van der Waals surface area contributed by atoms with Gasteiger partial charge in [-0.25, -0.2) is 0 Å². The van der Waals surface area contributed by atoms with Crippen molar-refractivity contribution < 1.29 is 14.5 Å². The van der Waals surface area contributed by atoms with Gasteiger partial charge in [0.2, 0.25) is 5.91 Å². The van der Waals surface area contributed by atoms with E-state index in [1.54, 1.807) is 30.3 Å². The Morgan fingerprint density at radius 2 is 1.66 bits per heavy atom. The highest BCUT2D eigenvalue weighted by molar-refractivity contribution is 7.22. The van der Waals surface area contributed by atoms with Gasteiger partial charge in [0.15, 0.2) is 0 Å². The van der Waals surface area contributed by atoms with E-state index in [1.807, 2.05) is 53.4 Å². The molecular formula is C28H23ClN4O4S. The number of fused-ring (bicyclic) bond motifs is 1. The topological polar surface area (TPSA) is 95.8 Å². The van der Waals surface area contributed by atoms with Crippen molar-refractivity contribution in [3.8, 4) is 0 Å². The van der Waals surface area contributed by atoms with Crippen LogP contribution in [0.15, 0.2) is 78.9 Å². The largest absolute Gasteiger partial charge is 0.368 e. The van der Waals surface area contributed by atoms with Gasteiger partial charge >= 0.3 is 0 Å². The molecule has 10 heteroatoms. The molecule has 1 fully saturated rings. The van der Waals surface area contributed by atoms with Crippen LogP contribution >= 0.6 is 22.9 Å². The molecule has 2 amide bonds. The molecule has 8 nitrogen and oxygen atoms in total. The maximum Gasteiger partial charge on any atom is 0.287 e. The number of benzene rings is 3. The number of non-ortho nitro benzene ring substituents is 1. The zero-order valence-electron chi connectivity index (χ0n) is 20.2. The van der Waals surface area contributed by atoms with Crippen LogP contribution in [0.1, 0.15) is 15.2 Å². The van der Waals surface area contributed by atoms with Crippen LogP contribution in [0, 0.1) is 10.1 Å². The molecule has 5 rings (SSSR count). The lowest BCUT2D eigenvalue weighted by molar-refractivity contribution is -0.382. The smallest absolute Gasteiger partial charge is 0.287 e. The predicted octanol–water partition coefficient (Wildman–Crippen LogP) is 6.08. The number of amides is 2. The van der Waals surface area contributed by atoms with Gasteiger partial charge in [0.25, 0.3) is 11.6 Å². The maximum absolute atomic E-state index is 12.9. The molecule has 1 aliphatic heterocycles. The highest BCUT2D eigenvalue weighted by Gasteiger charge is 2.23. The van der Waals surface area contributed by atoms with Gasteiger partial charge in [-0.1, -0.05) is 54.1 Å². The van der Waals surface area contributed by atoms with Gasteiger partial charge in [-0.05, 0) is 35.9 Å². The zero-order chi connectivity index (χ0) is 26.6. The lowest BCUT2D eigenvalue weighted by Gasteiger charge is -2.35. The second kappa shape index (κ2) is 11.0. The van der Waals surface area contributed by atoms with Crippen molar-refractivity contribution in [2.75, 3.05) is 36.4 Å². The molecule has 0 saturated carbocycles. The molecule has 4 aromatic rings. The summed E-state index contributed by atoms with van der Waals surface area (Å²) in [5, 5.41) is 14.9. The number of hydrogen-bond donors (Lipinski definition) is 1. The first-order valence-corrected chi connectivity index (χ1v) is 13.1. The molecule has 0 unspecified atom stereocenters. The quantitative estimate of drug-likeness (QED) is 0.180. The number of nitrogens with zero attached hydrogens (tertiary/aromatic N) is 3. The first-order valence-electron chi connectivity index (χ1n) is 11.9. The Hall–Kier alpha value is -4.21. The zero-order valence-corrected chi connectivity index (χ0v) is 21.7. The monoisotopic (exact) mass is 546 g/mol. The molecule has 192 valence electrons. The molecule has 0 bridgehead atoms. The van der Waals surface area contributed by atoms with Crippen LogP contribution in [0.4, 0.5) is 17.1 Å². The number of halogens is 1. The van der Waals surface area contributed by atoms with E-state index >= 15 is 0 Å². The summed E-state index contributed by atoms with van der Waals surface area (Å²) in [7, 11) is 0. The number of piperazine rings is 1. The Labute approximate surface area is 227 Å². The van der Waals surface area contributed by atoms with Crippen LogP contribution in [-0.4, -0.2) is 47.8 Å².